The smallest absolute Gasteiger partial charge is 0.331 e. The van der Waals surface area contributed by atoms with Gasteiger partial charge in [-0.15, -0.1) is 0 Å². The Morgan fingerprint density at radius 2 is 1.91 bits per heavy atom. The molecule has 0 aromatic heterocycles. The molecule has 0 bridgehead atoms. The molecule has 1 aromatic rings. The van der Waals surface area contributed by atoms with Gasteiger partial charge in [-0.3, -0.25) is 9.59 Å². The van der Waals surface area contributed by atoms with Crippen molar-refractivity contribution in [3.8, 4) is 6.07 Å². The minimum atomic E-state index is -1.38. The van der Waals surface area contributed by atoms with Crippen LogP contribution in [0.1, 0.15) is 49.9 Å². The van der Waals surface area contributed by atoms with E-state index in [9.17, 15) is 9.59 Å². The summed E-state index contributed by atoms with van der Waals surface area (Å²) in [6.45, 7) is 4.43. The maximum atomic E-state index is 12.2. The number of nitriles is 1. The minimum Gasteiger partial charge on any atom is -0.464 e. The van der Waals surface area contributed by atoms with Gasteiger partial charge in [0, 0.05) is 5.56 Å². The maximum absolute atomic E-state index is 12.2. The van der Waals surface area contributed by atoms with Crippen LogP contribution in [0.5, 0.6) is 0 Å². The van der Waals surface area contributed by atoms with Crippen LogP contribution in [0, 0.1) is 23.2 Å². The van der Waals surface area contributed by atoms with E-state index in [1.54, 1.807) is 36.4 Å². The van der Waals surface area contributed by atoms with Crippen molar-refractivity contribution in [2.24, 2.45) is 11.8 Å². The average molecular weight is 301 g/mol. The first-order valence-electron chi connectivity index (χ1n) is 7.79. The molecule has 0 spiro atoms. The Morgan fingerprint density at radius 3 is 2.45 bits per heavy atom. The molecule has 0 saturated carbocycles. The summed E-state index contributed by atoms with van der Waals surface area (Å²) >= 11 is 0. The quantitative estimate of drug-likeness (QED) is 0.395. The molecule has 22 heavy (non-hydrogen) atoms. The Morgan fingerprint density at radius 1 is 1.23 bits per heavy atom. The fourth-order valence-corrected chi connectivity index (χ4v) is 2.17. The lowest BCUT2D eigenvalue weighted by atomic mass is 9.98. The SMILES string of the molecule is CCCCC(CC)COC(=O)C(C#N)C(=O)c1ccccc1. The van der Waals surface area contributed by atoms with Gasteiger partial charge in [0.15, 0.2) is 5.78 Å². The van der Waals surface area contributed by atoms with E-state index < -0.39 is 17.7 Å². The summed E-state index contributed by atoms with van der Waals surface area (Å²) in [7, 11) is 0. The van der Waals surface area contributed by atoms with Gasteiger partial charge in [0.05, 0.1) is 12.7 Å². The number of carbonyl (C=O) groups is 2. The van der Waals surface area contributed by atoms with E-state index in [4.69, 9.17) is 10.00 Å². The third-order valence-electron chi connectivity index (χ3n) is 3.69. The lowest BCUT2D eigenvalue weighted by molar-refractivity contribution is -0.146. The van der Waals surface area contributed by atoms with Crippen molar-refractivity contribution < 1.29 is 14.3 Å². The van der Waals surface area contributed by atoms with E-state index in [1.165, 1.54) is 0 Å². The van der Waals surface area contributed by atoms with Crippen LogP contribution >= 0.6 is 0 Å². The average Bonchev–Trinajstić information content (AvgIpc) is 2.56. The van der Waals surface area contributed by atoms with Crippen LogP contribution in [0.15, 0.2) is 30.3 Å². The van der Waals surface area contributed by atoms with Crippen molar-refractivity contribution in [3.63, 3.8) is 0 Å². The predicted molar refractivity (Wildman–Crippen MR) is 84.1 cm³/mol. The number of carbonyl (C=O) groups excluding carboxylic acids is 2. The molecule has 0 N–H and O–H groups in total. The third kappa shape index (κ3) is 5.33. The van der Waals surface area contributed by atoms with Crippen LogP contribution in [0.2, 0.25) is 0 Å². The molecule has 2 atom stereocenters. The Hall–Kier alpha value is -2.15. The summed E-state index contributed by atoms with van der Waals surface area (Å²) in [6, 6.07) is 10.1. The molecule has 0 aliphatic heterocycles. The normalized spacial score (nSPS) is 13.0. The Balaban J connectivity index is 2.62. The number of rotatable bonds is 9. The largest absolute Gasteiger partial charge is 0.464 e. The summed E-state index contributed by atoms with van der Waals surface area (Å²) in [6.07, 6.45) is 4.08. The standard InChI is InChI=1S/C18H23NO3/c1-3-5-9-14(4-2)13-22-18(21)16(12-19)17(20)15-10-7-6-8-11-15/h6-8,10-11,14,16H,3-5,9,13H2,1-2H3. The summed E-state index contributed by atoms with van der Waals surface area (Å²) in [4.78, 5) is 24.2. The highest BCUT2D eigenvalue weighted by molar-refractivity contribution is 6.10. The first kappa shape index (κ1) is 17.9. The Kier molecular flexibility index (Phi) is 7.91. The van der Waals surface area contributed by atoms with E-state index in [2.05, 4.69) is 6.92 Å². The van der Waals surface area contributed by atoms with Crippen LogP contribution < -0.4 is 0 Å². The number of hydrogen-bond donors (Lipinski definition) is 0. The van der Waals surface area contributed by atoms with E-state index in [0.717, 1.165) is 25.7 Å². The second kappa shape index (κ2) is 9.73. The van der Waals surface area contributed by atoms with Gasteiger partial charge >= 0.3 is 5.97 Å². The summed E-state index contributed by atoms with van der Waals surface area (Å²) < 4.78 is 5.21. The molecule has 118 valence electrons. The van der Waals surface area contributed by atoms with Gasteiger partial charge in [-0.1, -0.05) is 63.4 Å². The number of nitrogens with zero attached hydrogens (tertiary/aromatic N) is 1. The number of Topliss-reactive ketones (excluding diaryl/α,β-unsaturated/α-hetero) is 1. The zero-order valence-corrected chi connectivity index (χ0v) is 13.2. The van der Waals surface area contributed by atoms with Crippen LogP contribution in [0.4, 0.5) is 0 Å². The van der Waals surface area contributed by atoms with Crippen LogP contribution in [0.25, 0.3) is 0 Å². The fourth-order valence-electron chi connectivity index (χ4n) is 2.17. The van der Waals surface area contributed by atoms with Gasteiger partial charge in [0.25, 0.3) is 0 Å². The number of hydrogen-bond acceptors (Lipinski definition) is 4. The monoisotopic (exact) mass is 301 g/mol. The third-order valence-corrected chi connectivity index (χ3v) is 3.69. The second-order valence-corrected chi connectivity index (χ2v) is 5.34. The van der Waals surface area contributed by atoms with Gasteiger partial charge < -0.3 is 4.74 Å². The van der Waals surface area contributed by atoms with Crippen LogP contribution in [-0.2, 0) is 9.53 Å². The summed E-state index contributed by atoms with van der Waals surface area (Å²) in [5.41, 5.74) is 0.351. The molecule has 4 heteroatoms. The van der Waals surface area contributed by atoms with Crippen molar-refractivity contribution >= 4 is 11.8 Å². The highest BCUT2D eigenvalue weighted by atomic mass is 16.5. The number of ether oxygens (including phenoxy) is 1. The molecule has 0 aliphatic rings. The topological polar surface area (TPSA) is 67.2 Å². The van der Waals surface area contributed by atoms with E-state index >= 15 is 0 Å². The lowest BCUT2D eigenvalue weighted by Gasteiger charge is -2.15. The first-order valence-corrected chi connectivity index (χ1v) is 7.79. The minimum absolute atomic E-state index is 0.273. The predicted octanol–water partition coefficient (Wildman–Crippen LogP) is 3.77. The van der Waals surface area contributed by atoms with Crippen LogP contribution in [0.3, 0.4) is 0 Å². The van der Waals surface area contributed by atoms with Crippen molar-refractivity contribution in [2.45, 2.75) is 39.5 Å². The second-order valence-electron chi connectivity index (χ2n) is 5.34. The van der Waals surface area contributed by atoms with Gasteiger partial charge in [-0.05, 0) is 12.3 Å². The van der Waals surface area contributed by atoms with Gasteiger partial charge in [0.1, 0.15) is 0 Å². The van der Waals surface area contributed by atoms with Gasteiger partial charge in [-0.25, -0.2) is 0 Å². The molecule has 2 unspecified atom stereocenters. The number of unbranched alkanes of at least 4 members (excludes halogenated alkanes) is 1. The van der Waals surface area contributed by atoms with Crippen molar-refractivity contribution in [1.82, 2.24) is 0 Å². The number of esters is 1. The maximum Gasteiger partial charge on any atom is 0.331 e. The van der Waals surface area contributed by atoms with E-state index in [0.29, 0.717) is 5.56 Å². The molecule has 4 nitrogen and oxygen atoms in total. The molecule has 0 fully saturated rings. The number of ketones is 1. The highest BCUT2D eigenvalue weighted by Gasteiger charge is 2.29. The highest BCUT2D eigenvalue weighted by Crippen LogP contribution is 2.15. The molecule has 1 rings (SSSR count). The van der Waals surface area contributed by atoms with E-state index in [1.807, 2.05) is 6.92 Å². The summed E-state index contributed by atoms with van der Waals surface area (Å²) in [5.74, 6) is -2.35. The zero-order chi connectivity index (χ0) is 16.4. The molecule has 0 heterocycles. The van der Waals surface area contributed by atoms with Crippen molar-refractivity contribution in [2.75, 3.05) is 6.61 Å². The van der Waals surface area contributed by atoms with Gasteiger partial charge in [-0.2, -0.15) is 5.26 Å². The number of benzene rings is 1. The lowest BCUT2D eigenvalue weighted by Crippen LogP contribution is -2.26. The molecular weight excluding hydrogens is 278 g/mol. The molecule has 0 radical (unpaired) electrons. The molecule has 0 saturated heterocycles. The molecule has 1 aromatic carbocycles. The fraction of sp³-hybridized carbons (Fsp3) is 0.500. The Labute approximate surface area is 132 Å². The Bertz CT molecular complexity index is 519. The van der Waals surface area contributed by atoms with Crippen molar-refractivity contribution in [1.29, 1.82) is 5.26 Å². The van der Waals surface area contributed by atoms with E-state index in [-0.39, 0.29) is 12.5 Å². The van der Waals surface area contributed by atoms with Crippen LogP contribution in [-0.4, -0.2) is 18.4 Å². The summed E-state index contributed by atoms with van der Waals surface area (Å²) in [5, 5.41) is 9.12. The molecule has 0 amide bonds. The van der Waals surface area contributed by atoms with Gasteiger partial charge in [0.2, 0.25) is 5.92 Å². The van der Waals surface area contributed by atoms with Crippen molar-refractivity contribution in [3.05, 3.63) is 35.9 Å². The molecular formula is C18H23NO3. The molecule has 0 aliphatic carbocycles. The first-order chi connectivity index (χ1) is 10.6. The zero-order valence-electron chi connectivity index (χ0n) is 13.2.